The van der Waals surface area contributed by atoms with Crippen molar-refractivity contribution in [1.82, 2.24) is 0 Å². The summed E-state index contributed by atoms with van der Waals surface area (Å²) in [4.78, 5) is 10.2. The molecule has 5 heteroatoms. The third kappa shape index (κ3) is 3.98. The fourth-order valence-corrected chi connectivity index (χ4v) is 1.91. The molecule has 20 heavy (non-hydrogen) atoms. The van der Waals surface area contributed by atoms with E-state index < -0.39 is 4.92 Å². The Balaban J connectivity index is 1.86. The van der Waals surface area contributed by atoms with Crippen molar-refractivity contribution in [2.24, 2.45) is 0 Å². The van der Waals surface area contributed by atoms with Gasteiger partial charge in [-0.2, -0.15) is 0 Å². The van der Waals surface area contributed by atoms with Crippen LogP contribution < -0.4 is 10.5 Å². The highest BCUT2D eigenvalue weighted by Gasteiger charge is 2.09. The molecule has 0 bridgehead atoms. The zero-order chi connectivity index (χ0) is 14.4. The molecule has 0 atom stereocenters. The molecule has 2 N–H and O–H groups in total. The van der Waals surface area contributed by atoms with Gasteiger partial charge in [0.05, 0.1) is 17.6 Å². The maximum absolute atomic E-state index is 10.7. The standard InChI is InChI=1S/C15H16N2O3/c16-13-9-14(17(18)19)11-15(10-13)20-8-4-7-12-5-2-1-3-6-12/h1-3,5-6,9-11H,4,7-8,16H2. The second-order valence-electron chi connectivity index (χ2n) is 4.45. The van der Waals surface area contributed by atoms with Gasteiger partial charge in [-0.1, -0.05) is 30.3 Å². The van der Waals surface area contributed by atoms with Gasteiger partial charge in [-0.15, -0.1) is 0 Å². The van der Waals surface area contributed by atoms with Gasteiger partial charge in [0.15, 0.2) is 0 Å². The van der Waals surface area contributed by atoms with Gasteiger partial charge in [-0.25, -0.2) is 0 Å². The minimum atomic E-state index is -0.479. The van der Waals surface area contributed by atoms with Gasteiger partial charge in [0.2, 0.25) is 0 Å². The Labute approximate surface area is 117 Å². The van der Waals surface area contributed by atoms with Crippen LogP contribution in [0.4, 0.5) is 11.4 Å². The maximum Gasteiger partial charge on any atom is 0.275 e. The minimum absolute atomic E-state index is 0.0527. The molecule has 0 aliphatic carbocycles. The van der Waals surface area contributed by atoms with Crippen LogP contribution in [0.25, 0.3) is 0 Å². The average Bonchev–Trinajstić information content (AvgIpc) is 2.44. The first-order valence-electron chi connectivity index (χ1n) is 6.37. The normalized spacial score (nSPS) is 10.2. The van der Waals surface area contributed by atoms with Crippen molar-refractivity contribution >= 4 is 11.4 Å². The average molecular weight is 272 g/mol. The second-order valence-corrected chi connectivity index (χ2v) is 4.45. The molecular weight excluding hydrogens is 256 g/mol. The molecule has 104 valence electrons. The van der Waals surface area contributed by atoms with Crippen molar-refractivity contribution in [3.8, 4) is 5.75 Å². The molecule has 0 spiro atoms. The Bertz CT molecular complexity index is 585. The van der Waals surface area contributed by atoms with Crippen molar-refractivity contribution in [2.75, 3.05) is 12.3 Å². The van der Waals surface area contributed by atoms with Crippen LogP contribution >= 0.6 is 0 Å². The lowest BCUT2D eigenvalue weighted by molar-refractivity contribution is -0.384. The molecule has 2 rings (SSSR count). The molecule has 0 radical (unpaired) electrons. The molecule has 0 fully saturated rings. The third-order valence-electron chi connectivity index (χ3n) is 2.85. The summed E-state index contributed by atoms with van der Waals surface area (Å²) in [5, 5.41) is 10.7. The Morgan fingerprint density at radius 3 is 2.60 bits per heavy atom. The number of benzene rings is 2. The summed E-state index contributed by atoms with van der Waals surface area (Å²) in [6, 6.07) is 14.4. The van der Waals surface area contributed by atoms with Crippen molar-refractivity contribution in [3.05, 3.63) is 64.2 Å². The van der Waals surface area contributed by atoms with Crippen LogP contribution in [0.15, 0.2) is 48.5 Å². The molecule has 5 nitrogen and oxygen atoms in total. The summed E-state index contributed by atoms with van der Waals surface area (Å²) < 4.78 is 5.51. The monoisotopic (exact) mass is 272 g/mol. The van der Waals surface area contributed by atoms with Gasteiger partial charge in [0, 0.05) is 17.8 Å². The Hall–Kier alpha value is -2.56. The van der Waals surface area contributed by atoms with Crippen molar-refractivity contribution in [1.29, 1.82) is 0 Å². The van der Waals surface area contributed by atoms with Crippen LogP contribution in [0.1, 0.15) is 12.0 Å². The number of ether oxygens (including phenoxy) is 1. The molecule has 0 saturated carbocycles. The summed E-state index contributed by atoms with van der Waals surface area (Å²) in [5.41, 5.74) is 7.13. The number of rotatable bonds is 6. The first-order valence-corrected chi connectivity index (χ1v) is 6.37. The molecule has 2 aromatic rings. The van der Waals surface area contributed by atoms with E-state index in [0.29, 0.717) is 18.0 Å². The molecule has 0 aliphatic heterocycles. The largest absolute Gasteiger partial charge is 0.493 e. The van der Waals surface area contributed by atoms with E-state index in [1.807, 2.05) is 18.2 Å². The van der Waals surface area contributed by atoms with Gasteiger partial charge < -0.3 is 10.5 Å². The van der Waals surface area contributed by atoms with Gasteiger partial charge in [0.1, 0.15) is 5.75 Å². The number of nitrogens with two attached hydrogens (primary N) is 1. The highest BCUT2D eigenvalue weighted by Crippen LogP contribution is 2.24. The van der Waals surface area contributed by atoms with Gasteiger partial charge in [-0.05, 0) is 18.4 Å². The number of hydrogen-bond acceptors (Lipinski definition) is 4. The highest BCUT2D eigenvalue weighted by molar-refractivity contribution is 5.53. The van der Waals surface area contributed by atoms with Gasteiger partial charge in [-0.3, -0.25) is 10.1 Å². The van der Waals surface area contributed by atoms with Crippen LogP contribution in [0.3, 0.4) is 0 Å². The predicted octanol–water partition coefficient (Wildman–Crippen LogP) is 3.19. The summed E-state index contributed by atoms with van der Waals surface area (Å²) >= 11 is 0. The van der Waals surface area contributed by atoms with Gasteiger partial charge in [0.25, 0.3) is 5.69 Å². The van der Waals surface area contributed by atoms with Gasteiger partial charge >= 0.3 is 0 Å². The first kappa shape index (κ1) is 13.9. The number of hydrogen-bond donors (Lipinski definition) is 1. The molecule has 0 heterocycles. The number of aryl methyl sites for hydroxylation is 1. The first-order chi connectivity index (χ1) is 9.65. The number of nitrogen functional groups attached to an aromatic ring is 1. The fraction of sp³-hybridized carbons (Fsp3) is 0.200. The molecular formula is C15H16N2O3. The predicted molar refractivity (Wildman–Crippen MR) is 77.8 cm³/mol. The summed E-state index contributed by atoms with van der Waals surface area (Å²) in [7, 11) is 0. The molecule has 0 amide bonds. The van der Waals surface area contributed by atoms with Crippen molar-refractivity contribution < 1.29 is 9.66 Å². The van der Waals surface area contributed by atoms with Crippen LogP contribution in [0, 0.1) is 10.1 Å². The second kappa shape index (κ2) is 6.56. The zero-order valence-corrected chi connectivity index (χ0v) is 11.0. The summed E-state index contributed by atoms with van der Waals surface area (Å²) in [5.74, 6) is 0.435. The summed E-state index contributed by atoms with van der Waals surface area (Å²) in [6.45, 7) is 0.496. The Kier molecular flexibility index (Phi) is 4.55. The van der Waals surface area contributed by atoms with E-state index in [-0.39, 0.29) is 5.69 Å². The highest BCUT2D eigenvalue weighted by atomic mass is 16.6. The number of nitro benzene ring substituents is 1. The topological polar surface area (TPSA) is 78.4 Å². The smallest absolute Gasteiger partial charge is 0.275 e. The minimum Gasteiger partial charge on any atom is -0.493 e. The molecule has 0 unspecified atom stereocenters. The Morgan fingerprint density at radius 1 is 1.15 bits per heavy atom. The quantitative estimate of drug-likeness (QED) is 0.379. The lowest BCUT2D eigenvalue weighted by Crippen LogP contribution is -2.01. The van der Waals surface area contributed by atoms with E-state index in [1.165, 1.54) is 17.7 Å². The van der Waals surface area contributed by atoms with E-state index >= 15 is 0 Å². The van der Waals surface area contributed by atoms with E-state index in [2.05, 4.69) is 12.1 Å². The summed E-state index contributed by atoms with van der Waals surface area (Å²) in [6.07, 6.45) is 1.75. The van der Waals surface area contributed by atoms with Crippen molar-refractivity contribution in [3.63, 3.8) is 0 Å². The lowest BCUT2D eigenvalue weighted by Gasteiger charge is -2.07. The van der Waals surface area contributed by atoms with E-state index in [4.69, 9.17) is 10.5 Å². The van der Waals surface area contributed by atoms with E-state index in [9.17, 15) is 10.1 Å². The SMILES string of the molecule is Nc1cc(OCCCc2ccccc2)cc([N+](=O)[O-])c1. The van der Waals surface area contributed by atoms with Crippen LogP contribution in [0.5, 0.6) is 5.75 Å². The molecule has 2 aromatic carbocycles. The number of nitrogens with zero attached hydrogens (tertiary/aromatic N) is 1. The van der Waals surface area contributed by atoms with Crippen LogP contribution in [-0.2, 0) is 6.42 Å². The molecule has 0 aromatic heterocycles. The molecule has 0 saturated heterocycles. The maximum atomic E-state index is 10.7. The number of anilines is 1. The van der Waals surface area contributed by atoms with Crippen molar-refractivity contribution in [2.45, 2.75) is 12.8 Å². The van der Waals surface area contributed by atoms with E-state index in [1.54, 1.807) is 6.07 Å². The lowest BCUT2D eigenvalue weighted by atomic mass is 10.1. The third-order valence-corrected chi connectivity index (χ3v) is 2.85. The Morgan fingerprint density at radius 2 is 1.90 bits per heavy atom. The fourth-order valence-electron chi connectivity index (χ4n) is 1.91. The molecule has 0 aliphatic rings. The van der Waals surface area contributed by atoms with E-state index in [0.717, 1.165) is 12.8 Å². The number of nitro groups is 1. The number of non-ortho nitro benzene ring substituents is 1. The van der Waals surface area contributed by atoms with Crippen LogP contribution in [-0.4, -0.2) is 11.5 Å². The zero-order valence-electron chi connectivity index (χ0n) is 11.0. The van der Waals surface area contributed by atoms with Crippen LogP contribution in [0.2, 0.25) is 0 Å².